The molecule has 6 heteroatoms. The quantitative estimate of drug-likeness (QED) is 0.865. The Morgan fingerprint density at radius 2 is 2.04 bits per heavy atom. The molecule has 1 spiro atoms. The lowest BCUT2D eigenvalue weighted by atomic mass is 9.92. The molecule has 0 saturated carbocycles. The topological polar surface area (TPSA) is 55.3 Å². The minimum absolute atomic E-state index is 0.0905. The van der Waals surface area contributed by atoms with Crippen molar-refractivity contribution < 1.29 is 9.53 Å². The highest BCUT2D eigenvalue weighted by molar-refractivity contribution is 8.01. The fraction of sp³-hybridized carbons (Fsp3) is 0.353. The summed E-state index contributed by atoms with van der Waals surface area (Å²) in [6, 6.07) is 9.23. The first-order chi connectivity index (χ1) is 11.2. The zero-order valence-electron chi connectivity index (χ0n) is 12.6. The number of nitrogens with zero attached hydrogens (tertiary/aromatic N) is 3. The van der Waals surface area contributed by atoms with Crippen molar-refractivity contribution in [3.05, 3.63) is 54.5 Å². The molecule has 118 valence electrons. The van der Waals surface area contributed by atoms with Gasteiger partial charge in [-0.2, -0.15) is 0 Å². The van der Waals surface area contributed by atoms with Gasteiger partial charge in [0.15, 0.2) is 0 Å². The Bertz CT molecular complexity index is 689. The van der Waals surface area contributed by atoms with Gasteiger partial charge in [0.2, 0.25) is 5.88 Å². The molecule has 0 unspecified atom stereocenters. The molecule has 2 aromatic heterocycles. The summed E-state index contributed by atoms with van der Waals surface area (Å²) in [5, 5.41) is 0. The lowest BCUT2D eigenvalue weighted by Crippen LogP contribution is -2.60. The van der Waals surface area contributed by atoms with Gasteiger partial charge in [-0.25, -0.2) is 4.98 Å². The molecule has 0 radical (unpaired) electrons. The van der Waals surface area contributed by atoms with Gasteiger partial charge < -0.3 is 9.64 Å². The van der Waals surface area contributed by atoms with Crippen molar-refractivity contribution in [1.29, 1.82) is 0 Å². The van der Waals surface area contributed by atoms with Crippen LogP contribution in [0, 0.1) is 0 Å². The Balaban J connectivity index is 1.34. The van der Waals surface area contributed by atoms with E-state index in [2.05, 4.69) is 9.97 Å². The second kappa shape index (κ2) is 5.85. The molecule has 2 fully saturated rings. The SMILES string of the molecule is O=C(c1ccncc1)N1CC2(C[C@@H](Oc3ccccn3)CS2)C1. The van der Waals surface area contributed by atoms with Crippen molar-refractivity contribution in [1.82, 2.24) is 14.9 Å². The maximum atomic E-state index is 12.4. The lowest BCUT2D eigenvalue weighted by Gasteiger charge is -2.47. The number of thioether (sulfide) groups is 1. The summed E-state index contributed by atoms with van der Waals surface area (Å²) in [5.74, 6) is 1.72. The van der Waals surface area contributed by atoms with Gasteiger partial charge in [-0.05, 0) is 18.2 Å². The monoisotopic (exact) mass is 327 g/mol. The minimum Gasteiger partial charge on any atom is -0.473 e. The Morgan fingerprint density at radius 1 is 1.22 bits per heavy atom. The first-order valence-corrected chi connectivity index (χ1v) is 8.64. The van der Waals surface area contributed by atoms with Gasteiger partial charge in [-0.1, -0.05) is 6.07 Å². The number of hydrogen-bond donors (Lipinski definition) is 0. The molecule has 2 aliphatic rings. The summed E-state index contributed by atoms with van der Waals surface area (Å²) in [6.45, 7) is 1.59. The van der Waals surface area contributed by atoms with Crippen molar-refractivity contribution in [2.24, 2.45) is 0 Å². The maximum Gasteiger partial charge on any atom is 0.254 e. The highest BCUT2D eigenvalue weighted by Crippen LogP contribution is 2.46. The van der Waals surface area contributed by atoms with Gasteiger partial charge in [0, 0.05) is 55.5 Å². The van der Waals surface area contributed by atoms with Gasteiger partial charge in [0.05, 0.1) is 4.75 Å². The Morgan fingerprint density at radius 3 is 2.78 bits per heavy atom. The molecule has 0 bridgehead atoms. The molecule has 2 aliphatic heterocycles. The Hall–Kier alpha value is -2.08. The Kier molecular flexibility index (Phi) is 3.69. The molecule has 0 aliphatic carbocycles. The van der Waals surface area contributed by atoms with Crippen LogP contribution in [0.1, 0.15) is 16.8 Å². The van der Waals surface area contributed by atoms with E-state index in [0.717, 1.165) is 25.3 Å². The summed E-state index contributed by atoms with van der Waals surface area (Å²) in [7, 11) is 0. The number of pyridine rings is 2. The summed E-state index contributed by atoms with van der Waals surface area (Å²) >= 11 is 1.92. The predicted octanol–water partition coefficient (Wildman–Crippen LogP) is 2.26. The average Bonchev–Trinajstić information content (AvgIpc) is 2.99. The molecule has 1 amide bonds. The lowest BCUT2D eigenvalue weighted by molar-refractivity contribution is 0.0516. The molecule has 0 N–H and O–H groups in total. The van der Waals surface area contributed by atoms with Crippen molar-refractivity contribution in [3.8, 4) is 5.88 Å². The summed E-state index contributed by atoms with van der Waals surface area (Å²) < 4.78 is 6.10. The van der Waals surface area contributed by atoms with Crippen LogP contribution in [0.15, 0.2) is 48.9 Å². The zero-order valence-corrected chi connectivity index (χ0v) is 13.4. The van der Waals surface area contributed by atoms with E-state index in [1.165, 1.54) is 0 Å². The van der Waals surface area contributed by atoms with Crippen LogP contribution < -0.4 is 4.74 Å². The van der Waals surface area contributed by atoms with E-state index in [-0.39, 0.29) is 16.8 Å². The van der Waals surface area contributed by atoms with Crippen LogP contribution in [-0.4, -0.2) is 50.5 Å². The molecular formula is C17H17N3O2S. The second-order valence-electron chi connectivity index (χ2n) is 6.00. The van der Waals surface area contributed by atoms with E-state index in [4.69, 9.17) is 4.74 Å². The van der Waals surface area contributed by atoms with Crippen LogP contribution in [0.2, 0.25) is 0 Å². The normalized spacial score (nSPS) is 21.9. The van der Waals surface area contributed by atoms with Crippen molar-refractivity contribution >= 4 is 17.7 Å². The van der Waals surface area contributed by atoms with E-state index >= 15 is 0 Å². The van der Waals surface area contributed by atoms with Gasteiger partial charge in [0.1, 0.15) is 6.10 Å². The third kappa shape index (κ3) is 2.91. The minimum atomic E-state index is 0.0905. The number of likely N-dealkylation sites (tertiary alicyclic amines) is 1. The number of rotatable bonds is 3. The third-order valence-electron chi connectivity index (χ3n) is 4.27. The molecule has 2 saturated heterocycles. The molecule has 4 heterocycles. The van der Waals surface area contributed by atoms with Crippen LogP contribution in [0.4, 0.5) is 0 Å². The standard InChI is InChI=1S/C17H17N3O2S/c21-16(13-4-7-18-8-5-13)20-11-17(12-20)9-14(10-23-17)22-15-3-1-2-6-19-15/h1-8,14H,9-12H2/t14-/m1/s1. The average molecular weight is 327 g/mol. The first-order valence-electron chi connectivity index (χ1n) is 7.65. The van der Waals surface area contributed by atoms with Gasteiger partial charge >= 0.3 is 0 Å². The van der Waals surface area contributed by atoms with Crippen molar-refractivity contribution in [2.75, 3.05) is 18.8 Å². The number of carbonyl (C=O) groups excluding carboxylic acids is 1. The van der Waals surface area contributed by atoms with Gasteiger partial charge in [0.25, 0.3) is 5.91 Å². The molecule has 23 heavy (non-hydrogen) atoms. The van der Waals surface area contributed by atoms with E-state index in [1.54, 1.807) is 30.7 Å². The molecule has 5 nitrogen and oxygen atoms in total. The van der Waals surface area contributed by atoms with Crippen LogP contribution in [0.5, 0.6) is 5.88 Å². The number of hydrogen-bond acceptors (Lipinski definition) is 5. The zero-order chi connectivity index (χ0) is 15.7. The van der Waals surface area contributed by atoms with Crippen LogP contribution in [-0.2, 0) is 0 Å². The molecule has 4 rings (SSSR count). The van der Waals surface area contributed by atoms with E-state index in [9.17, 15) is 4.79 Å². The fourth-order valence-corrected chi connectivity index (χ4v) is 4.68. The number of ether oxygens (including phenoxy) is 1. The summed E-state index contributed by atoms with van der Waals surface area (Å²) in [6.07, 6.45) is 6.20. The predicted molar refractivity (Wildman–Crippen MR) is 88.6 cm³/mol. The highest BCUT2D eigenvalue weighted by Gasteiger charge is 2.51. The summed E-state index contributed by atoms with van der Waals surface area (Å²) in [4.78, 5) is 22.5. The van der Waals surface area contributed by atoms with E-state index in [1.807, 2.05) is 34.9 Å². The molecular weight excluding hydrogens is 310 g/mol. The summed E-state index contributed by atoms with van der Waals surface area (Å²) in [5.41, 5.74) is 0.708. The second-order valence-corrected chi connectivity index (χ2v) is 7.49. The fourth-order valence-electron chi connectivity index (χ4n) is 3.16. The largest absolute Gasteiger partial charge is 0.473 e. The molecule has 1 atom stereocenters. The van der Waals surface area contributed by atoms with Gasteiger partial charge in [-0.15, -0.1) is 11.8 Å². The van der Waals surface area contributed by atoms with Crippen LogP contribution in [0.25, 0.3) is 0 Å². The number of amides is 1. The number of carbonyl (C=O) groups is 1. The van der Waals surface area contributed by atoms with Crippen molar-refractivity contribution in [2.45, 2.75) is 17.3 Å². The Labute approximate surface area is 139 Å². The van der Waals surface area contributed by atoms with Crippen molar-refractivity contribution in [3.63, 3.8) is 0 Å². The van der Waals surface area contributed by atoms with E-state index < -0.39 is 0 Å². The van der Waals surface area contributed by atoms with Gasteiger partial charge in [-0.3, -0.25) is 9.78 Å². The smallest absolute Gasteiger partial charge is 0.254 e. The molecule has 2 aromatic rings. The highest BCUT2D eigenvalue weighted by atomic mass is 32.2. The first kappa shape index (κ1) is 14.5. The number of aromatic nitrogens is 2. The molecule has 0 aromatic carbocycles. The van der Waals surface area contributed by atoms with E-state index in [0.29, 0.717) is 11.4 Å². The maximum absolute atomic E-state index is 12.4. The van der Waals surface area contributed by atoms with Crippen LogP contribution in [0.3, 0.4) is 0 Å². The third-order valence-corrected chi connectivity index (χ3v) is 5.85. The van der Waals surface area contributed by atoms with Crippen LogP contribution >= 0.6 is 11.8 Å².